The van der Waals surface area contributed by atoms with E-state index < -0.39 is 6.43 Å². The van der Waals surface area contributed by atoms with Crippen LogP contribution in [-0.2, 0) is 0 Å². The molecular formula is C6H11F2IN2. The van der Waals surface area contributed by atoms with Gasteiger partial charge in [-0.25, -0.2) is 11.9 Å². The van der Waals surface area contributed by atoms with E-state index in [2.05, 4.69) is 26.0 Å². The lowest BCUT2D eigenvalue weighted by molar-refractivity contribution is 0.0750. The molecule has 0 bridgehead atoms. The number of halogens is 3. The van der Waals surface area contributed by atoms with Crippen LogP contribution < -0.4 is 0 Å². The minimum Gasteiger partial charge on any atom is -0.295 e. The van der Waals surface area contributed by atoms with Crippen LogP contribution in [0, 0.1) is 0 Å². The summed E-state index contributed by atoms with van der Waals surface area (Å²) in [5.74, 6) is 0. The average molecular weight is 276 g/mol. The fourth-order valence-corrected chi connectivity index (χ4v) is 1.53. The molecule has 0 N–H and O–H groups in total. The smallest absolute Gasteiger partial charge is 0.251 e. The predicted octanol–water partition coefficient (Wildman–Crippen LogP) is 1.22. The molecule has 1 aliphatic rings. The predicted molar refractivity (Wildman–Crippen MR) is 48.0 cm³/mol. The molecule has 1 aliphatic heterocycles. The van der Waals surface area contributed by atoms with E-state index >= 15 is 0 Å². The van der Waals surface area contributed by atoms with Crippen molar-refractivity contribution in [3.63, 3.8) is 0 Å². The van der Waals surface area contributed by atoms with E-state index in [9.17, 15) is 8.78 Å². The van der Waals surface area contributed by atoms with Crippen molar-refractivity contribution in [3.05, 3.63) is 0 Å². The molecule has 0 amide bonds. The summed E-state index contributed by atoms with van der Waals surface area (Å²) in [5.41, 5.74) is 0. The van der Waals surface area contributed by atoms with Gasteiger partial charge in [-0.15, -0.1) is 0 Å². The molecule has 1 rings (SSSR count). The molecule has 1 saturated heterocycles. The van der Waals surface area contributed by atoms with Crippen LogP contribution in [0.1, 0.15) is 0 Å². The van der Waals surface area contributed by atoms with Gasteiger partial charge in [0, 0.05) is 49.0 Å². The summed E-state index contributed by atoms with van der Waals surface area (Å²) < 4.78 is 25.8. The van der Waals surface area contributed by atoms with Crippen LogP contribution in [0.2, 0.25) is 0 Å². The topological polar surface area (TPSA) is 6.48 Å². The molecule has 11 heavy (non-hydrogen) atoms. The van der Waals surface area contributed by atoms with Crippen LogP contribution in [0.25, 0.3) is 0 Å². The Kier molecular flexibility index (Phi) is 3.94. The molecular weight excluding hydrogens is 265 g/mol. The SMILES string of the molecule is FC(F)CN1CCN(I)CC1. The standard InChI is InChI=1S/C6H11F2IN2/c7-6(8)5-10-1-3-11(9)4-2-10/h6H,1-5H2. The van der Waals surface area contributed by atoms with E-state index in [1.807, 2.05) is 0 Å². The molecule has 0 spiro atoms. The second kappa shape index (κ2) is 4.51. The van der Waals surface area contributed by atoms with Gasteiger partial charge in [0.2, 0.25) is 0 Å². The first-order valence-corrected chi connectivity index (χ1v) is 4.56. The summed E-state index contributed by atoms with van der Waals surface area (Å²) in [7, 11) is 0. The molecule has 0 unspecified atom stereocenters. The maximum Gasteiger partial charge on any atom is 0.251 e. The van der Waals surface area contributed by atoms with Gasteiger partial charge >= 0.3 is 0 Å². The zero-order chi connectivity index (χ0) is 8.27. The molecule has 0 radical (unpaired) electrons. The Morgan fingerprint density at radius 2 is 1.73 bits per heavy atom. The third-order valence-corrected chi connectivity index (χ3v) is 2.68. The van der Waals surface area contributed by atoms with Crippen LogP contribution >= 0.6 is 22.9 Å². The minimum atomic E-state index is -2.18. The number of hydrogen-bond donors (Lipinski definition) is 0. The molecule has 0 aromatic rings. The van der Waals surface area contributed by atoms with Gasteiger partial charge in [0.15, 0.2) is 0 Å². The molecule has 0 saturated carbocycles. The van der Waals surface area contributed by atoms with Crippen molar-refractivity contribution in [3.8, 4) is 0 Å². The largest absolute Gasteiger partial charge is 0.295 e. The van der Waals surface area contributed by atoms with Crippen LogP contribution in [0.15, 0.2) is 0 Å². The summed E-state index contributed by atoms with van der Waals surface area (Å²) in [5, 5.41) is 0. The summed E-state index contributed by atoms with van der Waals surface area (Å²) in [4.78, 5) is 1.81. The highest BCUT2D eigenvalue weighted by molar-refractivity contribution is 14.1. The van der Waals surface area contributed by atoms with E-state index in [-0.39, 0.29) is 6.54 Å². The highest BCUT2D eigenvalue weighted by Gasteiger charge is 2.17. The lowest BCUT2D eigenvalue weighted by Crippen LogP contribution is -2.43. The van der Waals surface area contributed by atoms with Crippen LogP contribution in [0.3, 0.4) is 0 Å². The Morgan fingerprint density at radius 3 is 2.18 bits per heavy atom. The quantitative estimate of drug-likeness (QED) is 0.552. The van der Waals surface area contributed by atoms with Gasteiger partial charge in [-0.1, -0.05) is 0 Å². The number of hydrogen-bond acceptors (Lipinski definition) is 2. The van der Waals surface area contributed by atoms with Crippen molar-refractivity contribution in [1.29, 1.82) is 0 Å². The molecule has 0 aliphatic carbocycles. The monoisotopic (exact) mass is 276 g/mol. The summed E-state index contributed by atoms with van der Waals surface area (Å²) in [6.45, 7) is 3.27. The third kappa shape index (κ3) is 3.62. The molecule has 0 aromatic carbocycles. The van der Waals surface area contributed by atoms with Crippen molar-refractivity contribution in [2.75, 3.05) is 32.7 Å². The number of piperazine rings is 1. The van der Waals surface area contributed by atoms with Crippen LogP contribution in [-0.4, -0.2) is 47.2 Å². The van der Waals surface area contributed by atoms with Crippen molar-refractivity contribution >= 4 is 22.9 Å². The lowest BCUT2D eigenvalue weighted by atomic mass is 10.4. The van der Waals surface area contributed by atoms with Crippen molar-refractivity contribution < 1.29 is 8.78 Å². The first-order chi connectivity index (χ1) is 5.18. The maximum atomic E-state index is 11.9. The van der Waals surface area contributed by atoms with Gasteiger partial charge in [0.05, 0.1) is 6.54 Å². The van der Waals surface area contributed by atoms with Gasteiger partial charge in [-0.3, -0.25) is 4.90 Å². The first kappa shape index (κ1) is 9.60. The highest BCUT2D eigenvalue weighted by atomic mass is 127. The zero-order valence-electron chi connectivity index (χ0n) is 6.14. The average Bonchev–Trinajstić information content (AvgIpc) is 1.93. The van der Waals surface area contributed by atoms with E-state index in [1.54, 1.807) is 4.90 Å². The van der Waals surface area contributed by atoms with Gasteiger partial charge in [0.25, 0.3) is 6.43 Å². The Balaban J connectivity index is 2.17. The summed E-state index contributed by atoms with van der Waals surface area (Å²) in [6.07, 6.45) is -2.18. The molecule has 5 heteroatoms. The van der Waals surface area contributed by atoms with Gasteiger partial charge < -0.3 is 0 Å². The van der Waals surface area contributed by atoms with E-state index in [0.29, 0.717) is 0 Å². The van der Waals surface area contributed by atoms with E-state index in [1.165, 1.54) is 0 Å². The Hall–Kier alpha value is 0.510. The molecule has 66 valence electrons. The Morgan fingerprint density at radius 1 is 1.18 bits per heavy atom. The van der Waals surface area contributed by atoms with Gasteiger partial charge in [0.1, 0.15) is 0 Å². The van der Waals surface area contributed by atoms with Crippen molar-refractivity contribution in [2.45, 2.75) is 6.43 Å². The number of nitrogens with zero attached hydrogens (tertiary/aromatic N) is 2. The minimum absolute atomic E-state index is 0.0650. The highest BCUT2D eigenvalue weighted by Crippen LogP contribution is 2.07. The first-order valence-electron chi connectivity index (χ1n) is 3.59. The van der Waals surface area contributed by atoms with Crippen molar-refractivity contribution in [1.82, 2.24) is 8.01 Å². The van der Waals surface area contributed by atoms with Gasteiger partial charge in [-0.05, 0) is 0 Å². The van der Waals surface area contributed by atoms with Gasteiger partial charge in [-0.2, -0.15) is 0 Å². The fourth-order valence-electron chi connectivity index (χ4n) is 1.10. The van der Waals surface area contributed by atoms with Crippen LogP contribution in [0.4, 0.5) is 8.78 Å². The maximum absolute atomic E-state index is 11.9. The number of alkyl halides is 2. The van der Waals surface area contributed by atoms with Crippen LogP contribution in [0.5, 0.6) is 0 Å². The second-order valence-corrected chi connectivity index (χ2v) is 3.97. The molecule has 1 heterocycles. The molecule has 1 fully saturated rings. The summed E-state index contributed by atoms with van der Waals surface area (Å²) >= 11 is 2.22. The van der Waals surface area contributed by atoms with E-state index in [4.69, 9.17) is 0 Å². The Labute approximate surface area is 79.0 Å². The normalized spacial score (nSPS) is 22.9. The lowest BCUT2D eigenvalue weighted by Gasteiger charge is -2.30. The summed E-state index contributed by atoms with van der Waals surface area (Å²) in [6, 6.07) is 0. The number of rotatable bonds is 2. The molecule has 0 aromatic heterocycles. The molecule has 2 nitrogen and oxygen atoms in total. The zero-order valence-corrected chi connectivity index (χ0v) is 8.30. The Bertz CT molecular complexity index is 115. The third-order valence-electron chi connectivity index (χ3n) is 1.71. The molecule has 0 atom stereocenters. The van der Waals surface area contributed by atoms with E-state index in [0.717, 1.165) is 26.2 Å². The fraction of sp³-hybridized carbons (Fsp3) is 1.00. The second-order valence-electron chi connectivity index (χ2n) is 2.60. The van der Waals surface area contributed by atoms with Crippen molar-refractivity contribution in [2.24, 2.45) is 0 Å².